The highest BCUT2D eigenvalue weighted by atomic mass is 16.5. The number of rotatable bonds is 6. The Kier molecular flexibility index (Phi) is 4.90. The maximum atomic E-state index is 5.94. The van der Waals surface area contributed by atoms with Crippen molar-refractivity contribution in [2.45, 2.75) is 26.2 Å². The molecule has 3 aromatic heterocycles. The minimum absolute atomic E-state index is 0.386. The van der Waals surface area contributed by atoms with Crippen LogP contribution in [0.3, 0.4) is 0 Å². The fourth-order valence-corrected chi connectivity index (χ4v) is 3.30. The Morgan fingerprint density at radius 2 is 2.16 bits per heavy atom. The topological polar surface area (TPSA) is 56.3 Å². The van der Waals surface area contributed by atoms with E-state index in [-0.39, 0.29) is 0 Å². The van der Waals surface area contributed by atoms with Crippen LogP contribution in [0.5, 0.6) is 0 Å². The normalized spacial score (nSPS) is 18.0. The van der Waals surface area contributed by atoms with E-state index in [2.05, 4.69) is 25.7 Å². The summed E-state index contributed by atoms with van der Waals surface area (Å²) in [4.78, 5) is 6.74. The van der Waals surface area contributed by atoms with E-state index >= 15 is 0 Å². The molecule has 0 radical (unpaired) electrons. The Bertz CT molecular complexity index is 770. The molecule has 4 heterocycles. The van der Waals surface area contributed by atoms with Crippen molar-refractivity contribution >= 4 is 0 Å². The maximum Gasteiger partial charge on any atom is 0.0947 e. The van der Waals surface area contributed by atoms with Gasteiger partial charge in [0.05, 0.1) is 37.1 Å². The lowest BCUT2D eigenvalue weighted by Gasteiger charge is -2.23. The number of hydrogen-bond donors (Lipinski definition) is 0. The van der Waals surface area contributed by atoms with Crippen molar-refractivity contribution in [3.8, 4) is 0 Å². The van der Waals surface area contributed by atoms with E-state index in [0.29, 0.717) is 19.1 Å². The first-order chi connectivity index (χ1) is 12.4. The summed E-state index contributed by atoms with van der Waals surface area (Å²) in [7, 11) is 0. The van der Waals surface area contributed by atoms with Gasteiger partial charge in [-0.05, 0) is 24.3 Å². The van der Waals surface area contributed by atoms with Crippen molar-refractivity contribution in [1.82, 2.24) is 19.7 Å². The molecule has 25 heavy (non-hydrogen) atoms. The summed E-state index contributed by atoms with van der Waals surface area (Å²) in [6.07, 6.45) is 7.22. The van der Waals surface area contributed by atoms with E-state index < -0.39 is 0 Å². The molecule has 0 aromatic carbocycles. The molecule has 3 aromatic rings. The van der Waals surface area contributed by atoms with Gasteiger partial charge in [-0.25, -0.2) is 0 Å². The minimum atomic E-state index is 0.386. The van der Waals surface area contributed by atoms with Crippen LogP contribution in [0.2, 0.25) is 0 Å². The second-order valence-electron chi connectivity index (χ2n) is 6.51. The number of fused-ring (bicyclic) bond motifs is 1. The first-order valence-corrected chi connectivity index (χ1v) is 8.58. The second kappa shape index (κ2) is 7.63. The van der Waals surface area contributed by atoms with E-state index in [1.165, 1.54) is 11.3 Å². The van der Waals surface area contributed by atoms with Gasteiger partial charge in [0.15, 0.2) is 0 Å². The van der Waals surface area contributed by atoms with Gasteiger partial charge < -0.3 is 9.15 Å². The zero-order valence-electron chi connectivity index (χ0n) is 14.1. The zero-order valence-corrected chi connectivity index (χ0v) is 14.1. The second-order valence-corrected chi connectivity index (χ2v) is 6.51. The minimum Gasteiger partial charge on any atom is -0.472 e. The van der Waals surface area contributed by atoms with Crippen molar-refractivity contribution in [3.05, 3.63) is 72.2 Å². The summed E-state index contributed by atoms with van der Waals surface area (Å²) in [6, 6.07) is 10.0. The van der Waals surface area contributed by atoms with Crippen LogP contribution in [0, 0.1) is 5.92 Å². The first kappa shape index (κ1) is 16.1. The monoisotopic (exact) mass is 338 g/mol. The predicted molar refractivity (Wildman–Crippen MR) is 92.4 cm³/mol. The molecule has 0 saturated heterocycles. The molecule has 0 amide bonds. The Labute approximate surface area is 147 Å². The summed E-state index contributed by atoms with van der Waals surface area (Å²) in [5, 5.41) is 4.47. The van der Waals surface area contributed by atoms with E-state index in [0.717, 1.165) is 31.9 Å². The number of aromatic nitrogens is 3. The van der Waals surface area contributed by atoms with Crippen molar-refractivity contribution < 1.29 is 9.15 Å². The van der Waals surface area contributed by atoms with Gasteiger partial charge in [0, 0.05) is 50.1 Å². The largest absolute Gasteiger partial charge is 0.472 e. The van der Waals surface area contributed by atoms with Crippen LogP contribution in [0.25, 0.3) is 0 Å². The Balaban J connectivity index is 1.40. The highest BCUT2D eigenvalue weighted by molar-refractivity contribution is 5.07. The Morgan fingerprint density at radius 1 is 1.16 bits per heavy atom. The summed E-state index contributed by atoms with van der Waals surface area (Å²) in [5.41, 5.74) is 3.41. The Morgan fingerprint density at radius 3 is 3.00 bits per heavy atom. The molecule has 0 saturated carbocycles. The van der Waals surface area contributed by atoms with Gasteiger partial charge in [-0.3, -0.25) is 14.6 Å². The number of ether oxygens (including phenoxy) is 1. The van der Waals surface area contributed by atoms with E-state index in [4.69, 9.17) is 9.15 Å². The van der Waals surface area contributed by atoms with Crippen LogP contribution < -0.4 is 0 Å². The quantitative estimate of drug-likeness (QED) is 0.692. The van der Waals surface area contributed by atoms with Gasteiger partial charge in [-0.2, -0.15) is 5.10 Å². The van der Waals surface area contributed by atoms with Gasteiger partial charge in [-0.1, -0.05) is 6.07 Å². The highest BCUT2D eigenvalue weighted by Gasteiger charge is 2.22. The van der Waals surface area contributed by atoms with Crippen molar-refractivity contribution in [2.75, 3.05) is 13.2 Å². The molecular formula is C19H22N4O2. The average Bonchev–Trinajstić information content (AvgIpc) is 3.25. The SMILES string of the molecule is c1ccc(COC[C@@H]2CN(Cc3ccoc3)Cc3ccnn3C2)nc1. The lowest BCUT2D eigenvalue weighted by Crippen LogP contribution is -2.30. The molecule has 0 unspecified atom stereocenters. The Hall–Kier alpha value is -2.44. The third kappa shape index (κ3) is 4.15. The molecule has 4 rings (SSSR count). The van der Waals surface area contributed by atoms with Crippen LogP contribution in [0.15, 0.2) is 59.7 Å². The maximum absolute atomic E-state index is 5.94. The fourth-order valence-electron chi connectivity index (χ4n) is 3.30. The standard InChI is InChI=1S/C19H22N4O2/c1-2-6-20-18(3-1)15-25-14-17-10-22(9-16-5-8-24-13-16)12-19-4-7-21-23(19)11-17/h1-8,13,17H,9-12,14-15H2/t17-/m1/s1. The molecule has 130 valence electrons. The van der Waals surface area contributed by atoms with Crippen LogP contribution in [0.1, 0.15) is 17.0 Å². The van der Waals surface area contributed by atoms with Crippen molar-refractivity contribution in [2.24, 2.45) is 5.92 Å². The van der Waals surface area contributed by atoms with E-state index in [1.54, 1.807) is 12.5 Å². The molecule has 1 aliphatic rings. The summed E-state index contributed by atoms with van der Waals surface area (Å²) >= 11 is 0. The molecule has 1 atom stereocenters. The number of nitrogens with zero attached hydrogens (tertiary/aromatic N) is 4. The van der Waals surface area contributed by atoms with Gasteiger partial charge in [0.25, 0.3) is 0 Å². The molecule has 6 heteroatoms. The third-order valence-corrected chi connectivity index (χ3v) is 4.45. The summed E-state index contributed by atoms with van der Waals surface area (Å²) in [6.45, 7) is 4.85. The third-order valence-electron chi connectivity index (χ3n) is 4.45. The first-order valence-electron chi connectivity index (χ1n) is 8.58. The van der Waals surface area contributed by atoms with Crippen LogP contribution >= 0.6 is 0 Å². The molecule has 0 aliphatic carbocycles. The predicted octanol–water partition coefficient (Wildman–Crippen LogP) is 2.72. The van der Waals surface area contributed by atoms with Gasteiger partial charge in [0.1, 0.15) is 0 Å². The van der Waals surface area contributed by atoms with Crippen LogP contribution in [-0.4, -0.2) is 32.8 Å². The summed E-state index contributed by atoms with van der Waals surface area (Å²) in [5.74, 6) is 0.386. The van der Waals surface area contributed by atoms with Crippen LogP contribution in [0.4, 0.5) is 0 Å². The number of furan rings is 1. The smallest absolute Gasteiger partial charge is 0.0947 e. The molecule has 0 spiro atoms. The van der Waals surface area contributed by atoms with Gasteiger partial charge in [0.2, 0.25) is 0 Å². The molecule has 0 N–H and O–H groups in total. The summed E-state index contributed by atoms with van der Waals surface area (Å²) < 4.78 is 13.2. The van der Waals surface area contributed by atoms with E-state index in [9.17, 15) is 0 Å². The van der Waals surface area contributed by atoms with Crippen molar-refractivity contribution in [3.63, 3.8) is 0 Å². The zero-order chi connectivity index (χ0) is 16.9. The van der Waals surface area contributed by atoms with E-state index in [1.807, 2.05) is 36.7 Å². The molecule has 0 fully saturated rings. The lowest BCUT2D eigenvalue weighted by molar-refractivity contribution is 0.0640. The number of pyridine rings is 1. The average molecular weight is 338 g/mol. The van der Waals surface area contributed by atoms with Gasteiger partial charge in [-0.15, -0.1) is 0 Å². The lowest BCUT2D eigenvalue weighted by atomic mass is 10.1. The molecular weight excluding hydrogens is 316 g/mol. The molecule has 1 aliphatic heterocycles. The molecule has 6 nitrogen and oxygen atoms in total. The van der Waals surface area contributed by atoms with Crippen LogP contribution in [-0.2, 0) is 31.0 Å². The highest BCUT2D eigenvalue weighted by Crippen LogP contribution is 2.19. The molecule has 0 bridgehead atoms. The fraction of sp³-hybridized carbons (Fsp3) is 0.368. The van der Waals surface area contributed by atoms with Gasteiger partial charge >= 0.3 is 0 Å². The van der Waals surface area contributed by atoms with Crippen molar-refractivity contribution in [1.29, 1.82) is 0 Å². The number of hydrogen-bond acceptors (Lipinski definition) is 5.